The number of piperidine rings is 1. The average molecular weight is 436 g/mol. The summed E-state index contributed by atoms with van der Waals surface area (Å²) in [7, 11) is 1.86. The van der Waals surface area contributed by atoms with Gasteiger partial charge in [-0.2, -0.15) is 11.3 Å². The maximum atomic E-state index is 12.0. The van der Waals surface area contributed by atoms with Gasteiger partial charge in [-0.1, -0.05) is 17.4 Å². The van der Waals surface area contributed by atoms with Gasteiger partial charge in [0.15, 0.2) is 0 Å². The van der Waals surface area contributed by atoms with E-state index in [1.165, 1.54) is 41.7 Å². The van der Waals surface area contributed by atoms with E-state index >= 15 is 0 Å². The van der Waals surface area contributed by atoms with Crippen LogP contribution in [0, 0.1) is 5.41 Å². The Bertz CT molecular complexity index is 1000. The monoisotopic (exact) mass is 435 g/mol. The minimum atomic E-state index is 0. The number of nitrogens with zero attached hydrogens (tertiary/aromatic N) is 2. The Morgan fingerprint density at radius 2 is 2.00 bits per heavy atom. The Labute approximate surface area is 179 Å². The third kappa shape index (κ3) is 3.68. The van der Waals surface area contributed by atoms with Gasteiger partial charge in [0.2, 0.25) is 0 Å². The number of thiazole rings is 1. The van der Waals surface area contributed by atoms with Crippen LogP contribution in [0.25, 0.3) is 10.2 Å². The highest BCUT2D eigenvalue weighted by atomic mass is 35.5. The van der Waals surface area contributed by atoms with Crippen molar-refractivity contribution in [2.24, 2.45) is 12.5 Å². The summed E-state index contributed by atoms with van der Waals surface area (Å²) in [5.41, 5.74) is 4.31. The quantitative estimate of drug-likeness (QED) is 0.651. The summed E-state index contributed by atoms with van der Waals surface area (Å²) in [6.45, 7) is 4.30. The minimum absolute atomic E-state index is 0. The van der Waals surface area contributed by atoms with Gasteiger partial charge < -0.3 is 9.88 Å². The van der Waals surface area contributed by atoms with E-state index in [1.807, 2.05) is 7.05 Å². The zero-order valence-corrected chi connectivity index (χ0v) is 18.5. The van der Waals surface area contributed by atoms with E-state index in [0.29, 0.717) is 11.5 Å². The fraction of sp³-hybridized carbons (Fsp3) is 0.476. The van der Waals surface area contributed by atoms with E-state index < -0.39 is 0 Å². The van der Waals surface area contributed by atoms with Crippen LogP contribution in [-0.2, 0) is 20.1 Å². The van der Waals surface area contributed by atoms with Crippen LogP contribution >= 0.6 is 35.1 Å². The second kappa shape index (κ2) is 7.92. The molecule has 1 saturated heterocycles. The first kappa shape index (κ1) is 20.1. The molecule has 4 nitrogen and oxygen atoms in total. The van der Waals surface area contributed by atoms with Crippen molar-refractivity contribution in [3.05, 3.63) is 55.8 Å². The van der Waals surface area contributed by atoms with Crippen LogP contribution in [0.5, 0.6) is 0 Å². The fourth-order valence-corrected chi connectivity index (χ4v) is 6.31. The van der Waals surface area contributed by atoms with Crippen LogP contribution in [-0.4, -0.2) is 28.6 Å². The average Bonchev–Trinajstić information content (AvgIpc) is 3.01. The van der Waals surface area contributed by atoms with E-state index in [9.17, 15) is 4.79 Å². The van der Waals surface area contributed by atoms with Crippen molar-refractivity contribution in [1.29, 1.82) is 0 Å². The maximum Gasteiger partial charge on any atom is 0.307 e. The number of benzene rings is 1. The van der Waals surface area contributed by atoms with E-state index in [4.69, 9.17) is 0 Å². The van der Waals surface area contributed by atoms with Gasteiger partial charge in [-0.25, -0.2) is 0 Å². The Hall–Kier alpha value is -1.18. The lowest BCUT2D eigenvalue weighted by atomic mass is 9.93. The molecule has 0 amide bonds. The van der Waals surface area contributed by atoms with E-state index in [1.54, 1.807) is 15.9 Å². The smallest absolute Gasteiger partial charge is 0.307 e. The standard InChI is InChI=1S/C21H25N3OS2.ClH/c1-23-17-3-2-15(10-18(17)27-20(23)25)12-24(13-16-4-9-26-14-16)19-11-21(19)5-7-22-8-6-21;/h2-4,9-10,14,19,22H,5-8,11-13H2,1H3;1H. The first-order valence-corrected chi connectivity index (χ1v) is 11.4. The lowest BCUT2D eigenvalue weighted by Gasteiger charge is -2.29. The molecule has 1 aromatic carbocycles. The zero-order valence-electron chi connectivity index (χ0n) is 16.0. The van der Waals surface area contributed by atoms with Gasteiger partial charge in [0.05, 0.1) is 10.2 Å². The van der Waals surface area contributed by atoms with Crippen molar-refractivity contribution in [2.75, 3.05) is 13.1 Å². The van der Waals surface area contributed by atoms with Crippen LogP contribution < -0.4 is 10.2 Å². The number of aromatic nitrogens is 1. The van der Waals surface area contributed by atoms with Crippen LogP contribution in [0.1, 0.15) is 30.4 Å². The molecule has 3 heterocycles. The summed E-state index contributed by atoms with van der Waals surface area (Å²) in [4.78, 5) is 14.8. The van der Waals surface area contributed by atoms with Crippen molar-refractivity contribution < 1.29 is 0 Å². The van der Waals surface area contributed by atoms with Gasteiger partial charge in [-0.3, -0.25) is 9.69 Å². The van der Waals surface area contributed by atoms with Gasteiger partial charge in [0.25, 0.3) is 0 Å². The second-order valence-electron chi connectivity index (χ2n) is 8.10. The summed E-state index contributed by atoms with van der Waals surface area (Å²) in [6.07, 6.45) is 3.94. The number of fused-ring (bicyclic) bond motifs is 1. The van der Waals surface area contributed by atoms with E-state index in [-0.39, 0.29) is 17.3 Å². The SMILES string of the molecule is Cl.Cn1c(=O)sc2cc(CN(Cc3ccsc3)C3CC34CCNCC4)ccc21. The third-order valence-corrected chi connectivity index (χ3v) is 8.12. The molecular weight excluding hydrogens is 410 g/mol. The Morgan fingerprint density at radius 3 is 2.75 bits per heavy atom. The van der Waals surface area contributed by atoms with E-state index in [0.717, 1.165) is 36.4 Å². The molecule has 1 unspecified atom stereocenters. The molecule has 2 fully saturated rings. The molecule has 1 spiro atoms. The number of rotatable bonds is 5. The Balaban J connectivity index is 0.00000192. The van der Waals surface area contributed by atoms with Gasteiger partial charge in [-0.05, 0) is 77.9 Å². The van der Waals surface area contributed by atoms with Crippen LogP contribution in [0.4, 0.5) is 0 Å². The van der Waals surface area contributed by atoms with Crippen LogP contribution in [0.2, 0.25) is 0 Å². The summed E-state index contributed by atoms with van der Waals surface area (Å²) in [5, 5.41) is 7.96. The van der Waals surface area contributed by atoms with E-state index in [2.05, 4.69) is 45.2 Å². The molecule has 150 valence electrons. The molecule has 7 heteroatoms. The van der Waals surface area contributed by atoms with Gasteiger partial charge >= 0.3 is 4.87 Å². The Morgan fingerprint density at radius 1 is 1.21 bits per heavy atom. The molecule has 1 saturated carbocycles. The molecular formula is C21H26ClN3OS2. The molecule has 1 atom stereocenters. The molecule has 3 aromatic rings. The lowest BCUT2D eigenvalue weighted by molar-refractivity contribution is 0.188. The molecule has 28 heavy (non-hydrogen) atoms. The second-order valence-corrected chi connectivity index (χ2v) is 9.87. The number of aryl methyl sites for hydroxylation is 1. The predicted molar refractivity (Wildman–Crippen MR) is 121 cm³/mol. The number of nitrogens with one attached hydrogen (secondary N) is 1. The van der Waals surface area contributed by atoms with Crippen molar-refractivity contribution in [1.82, 2.24) is 14.8 Å². The molecule has 0 radical (unpaired) electrons. The number of thiophene rings is 1. The van der Waals surface area contributed by atoms with Crippen molar-refractivity contribution in [3.63, 3.8) is 0 Å². The highest BCUT2D eigenvalue weighted by Crippen LogP contribution is 2.56. The molecule has 2 aliphatic rings. The first-order valence-electron chi connectivity index (χ1n) is 9.69. The number of halogens is 1. The summed E-state index contributed by atoms with van der Waals surface area (Å²) >= 11 is 3.13. The van der Waals surface area contributed by atoms with Gasteiger partial charge in [0.1, 0.15) is 0 Å². The predicted octanol–water partition coefficient (Wildman–Crippen LogP) is 4.23. The Kier molecular flexibility index (Phi) is 5.69. The number of hydrogen-bond acceptors (Lipinski definition) is 5. The largest absolute Gasteiger partial charge is 0.317 e. The summed E-state index contributed by atoms with van der Waals surface area (Å²) in [5.74, 6) is 0. The van der Waals surface area contributed by atoms with Crippen LogP contribution in [0.15, 0.2) is 39.8 Å². The number of hydrogen-bond donors (Lipinski definition) is 1. The zero-order chi connectivity index (χ0) is 18.4. The summed E-state index contributed by atoms with van der Waals surface area (Å²) < 4.78 is 2.85. The van der Waals surface area contributed by atoms with Gasteiger partial charge in [0, 0.05) is 26.2 Å². The molecule has 2 aromatic heterocycles. The maximum absolute atomic E-state index is 12.0. The van der Waals surface area contributed by atoms with Crippen molar-refractivity contribution in [3.8, 4) is 0 Å². The van der Waals surface area contributed by atoms with Crippen LogP contribution in [0.3, 0.4) is 0 Å². The lowest BCUT2D eigenvalue weighted by Crippen LogP contribution is -2.35. The molecule has 1 aliphatic carbocycles. The fourth-order valence-electron chi connectivity index (χ4n) is 4.71. The topological polar surface area (TPSA) is 37.3 Å². The molecule has 1 aliphatic heterocycles. The normalized spacial score (nSPS) is 20.6. The molecule has 5 rings (SSSR count). The summed E-state index contributed by atoms with van der Waals surface area (Å²) in [6, 6.07) is 9.47. The van der Waals surface area contributed by atoms with Gasteiger partial charge in [-0.15, -0.1) is 12.4 Å². The van der Waals surface area contributed by atoms with Crippen molar-refractivity contribution >= 4 is 45.3 Å². The third-order valence-electron chi connectivity index (χ3n) is 6.39. The minimum Gasteiger partial charge on any atom is -0.317 e. The first-order chi connectivity index (χ1) is 13.1. The highest BCUT2D eigenvalue weighted by Gasteiger charge is 2.56. The van der Waals surface area contributed by atoms with Crippen molar-refractivity contribution in [2.45, 2.75) is 38.4 Å². The molecule has 0 bridgehead atoms. The molecule has 1 N–H and O–H groups in total. The highest BCUT2D eigenvalue weighted by molar-refractivity contribution is 7.16.